The molecule has 0 radical (unpaired) electrons. The first kappa shape index (κ1) is 11.6. The minimum atomic E-state index is -1.06. The van der Waals surface area contributed by atoms with E-state index >= 15 is 0 Å². The van der Waals surface area contributed by atoms with Crippen LogP contribution < -0.4 is 0 Å². The van der Waals surface area contributed by atoms with Crippen molar-refractivity contribution >= 4 is 5.97 Å². The number of aryl methyl sites for hydroxylation is 1. The van der Waals surface area contributed by atoms with Gasteiger partial charge in [0.1, 0.15) is 11.3 Å². The van der Waals surface area contributed by atoms with Gasteiger partial charge in [0, 0.05) is 0 Å². The Morgan fingerprint density at radius 1 is 1.33 bits per heavy atom. The van der Waals surface area contributed by atoms with E-state index in [4.69, 9.17) is 5.11 Å². The third kappa shape index (κ3) is 2.98. The molecule has 3 nitrogen and oxygen atoms in total. The highest BCUT2D eigenvalue weighted by molar-refractivity contribution is 5.92. The largest absolute Gasteiger partial charge is 0.507 e. The fourth-order valence-electron chi connectivity index (χ4n) is 1.61. The van der Waals surface area contributed by atoms with Gasteiger partial charge in [0.25, 0.3) is 0 Å². The Hall–Kier alpha value is -1.51. The maximum atomic E-state index is 10.9. The van der Waals surface area contributed by atoms with Crippen molar-refractivity contribution in [2.45, 2.75) is 32.6 Å². The quantitative estimate of drug-likeness (QED) is 0.731. The van der Waals surface area contributed by atoms with Crippen LogP contribution >= 0.6 is 0 Å². The highest BCUT2D eigenvalue weighted by Crippen LogP contribution is 2.22. The molecule has 82 valence electrons. The fourth-order valence-corrected chi connectivity index (χ4v) is 1.61. The van der Waals surface area contributed by atoms with Crippen molar-refractivity contribution in [3.05, 3.63) is 29.3 Å². The van der Waals surface area contributed by atoms with Crippen molar-refractivity contribution in [2.24, 2.45) is 0 Å². The van der Waals surface area contributed by atoms with Crippen LogP contribution in [0.15, 0.2) is 18.2 Å². The second-order valence-electron chi connectivity index (χ2n) is 3.57. The van der Waals surface area contributed by atoms with Crippen molar-refractivity contribution in [3.8, 4) is 5.75 Å². The first-order valence-corrected chi connectivity index (χ1v) is 5.21. The third-order valence-corrected chi connectivity index (χ3v) is 2.39. The van der Waals surface area contributed by atoms with Gasteiger partial charge in [-0.1, -0.05) is 31.9 Å². The van der Waals surface area contributed by atoms with Gasteiger partial charge in [0.05, 0.1) is 0 Å². The van der Waals surface area contributed by atoms with Crippen LogP contribution in [0.4, 0.5) is 0 Å². The van der Waals surface area contributed by atoms with Crippen molar-refractivity contribution in [2.75, 3.05) is 0 Å². The fraction of sp³-hybridized carbons (Fsp3) is 0.417. The summed E-state index contributed by atoms with van der Waals surface area (Å²) in [7, 11) is 0. The summed E-state index contributed by atoms with van der Waals surface area (Å²) in [6.45, 7) is 2.10. The predicted octanol–water partition coefficient (Wildman–Crippen LogP) is 2.82. The number of phenols is 1. The summed E-state index contributed by atoms with van der Waals surface area (Å²) >= 11 is 0. The van der Waals surface area contributed by atoms with Crippen LogP contribution in [0.5, 0.6) is 5.75 Å². The van der Waals surface area contributed by atoms with E-state index in [1.807, 2.05) is 0 Å². The van der Waals surface area contributed by atoms with Crippen molar-refractivity contribution in [1.82, 2.24) is 0 Å². The molecule has 0 saturated heterocycles. The standard InChI is InChI=1S/C12H16O3/c1-2-3-4-6-9-7-5-8-10(13)11(9)12(14)15/h5,7-8,13H,2-4,6H2,1H3,(H,14,15). The lowest BCUT2D eigenvalue weighted by Crippen LogP contribution is -2.02. The number of carbonyl (C=O) groups is 1. The van der Waals surface area contributed by atoms with E-state index in [1.54, 1.807) is 12.1 Å². The molecule has 0 aliphatic carbocycles. The van der Waals surface area contributed by atoms with Gasteiger partial charge < -0.3 is 10.2 Å². The van der Waals surface area contributed by atoms with E-state index in [0.717, 1.165) is 24.8 Å². The zero-order valence-electron chi connectivity index (χ0n) is 8.86. The van der Waals surface area contributed by atoms with Crippen molar-refractivity contribution in [3.63, 3.8) is 0 Å². The number of aromatic hydroxyl groups is 1. The molecule has 0 aliphatic heterocycles. The molecule has 0 fully saturated rings. The lowest BCUT2D eigenvalue weighted by Gasteiger charge is -2.07. The number of hydrogen-bond acceptors (Lipinski definition) is 2. The average Bonchev–Trinajstić information content (AvgIpc) is 2.17. The Bertz CT molecular complexity index is 345. The van der Waals surface area contributed by atoms with Gasteiger partial charge in [-0.05, 0) is 24.5 Å². The molecule has 2 N–H and O–H groups in total. The van der Waals surface area contributed by atoms with Crippen LogP contribution in [0.1, 0.15) is 42.1 Å². The molecule has 0 saturated carbocycles. The topological polar surface area (TPSA) is 57.5 Å². The first-order chi connectivity index (χ1) is 7.16. The highest BCUT2D eigenvalue weighted by Gasteiger charge is 2.13. The first-order valence-electron chi connectivity index (χ1n) is 5.21. The van der Waals surface area contributed by atoms with Crippen LogP contribution in [0.3, 0.4) is 0 Å². The molecule has 1 aromatic carbocycles. The number of rotatable bonds is 5. The molecule has 0 heterocycles. The smallest absolute Gasteiger partial charge is 0.339 e. The summed E-state index contributed by atoms with van der Waals surface area (Å²) in [6.07, 6.45) is 3.85. The van der Waals surface area contributed by atoms with Gasteiger partial charge in [-0.25, -0.2) is 4.79 Å². The number of hydrogen-bond donors (Lipinski definition) is 2. The molecular weight excluding hydrogens is 192 g/mol. The summed E-state index contributed by atoms with van der Waals surface area (Å²) < 4.78 is 0. The Kier molecular flexibility index (Phi) is 4.16. The van der Waals surface area contributed by atoms with E-state index in [1.165, 1.54) is 6.07 Å². The summed E-state index contributed by atoms with van der Waals surface area (Å²) in [5.74, 6) is -1.20. The van der Waals surface area contributed by atoms with Gasteiger partial charge in [-0.2, -0.15) is 0 Å². The van der Waals surface area contributed by atoms with E-state index in [0.29, 0.717) is 6.42 Å². The molecule has 0 atom stereocenters. The Morgan fingerprint density at radius 2 is 2.07 bits per heavy atom. The molecule has 0 amide bonds. The molecular formula is C12H16O3. The number of carboxylic acids is 1. The molecule has 0 unspecified atom stereocenters. The molecule has 0 bridgehead atoms. The van der Waals surface area contributed by atoms with Gasteiger partial charge in [-0.15, -0.1) is 0 Å². The molecule has 1 rings (SSSR count). The minimum Gasteiger partial charge on any atom is -0.507 e. The Morgan fingerprint density at radius 3 is 2.67 bits per heavy atom. The van der Waals surface area contributed by atoms with Crippen molar-refractivity contribution < 1.29 is 15.0 Å². The molecule has 15 heavy (non-hydrogen) atoms. The normalized spacial score (nSPS) is 10.2. The predicted molar refractivity (Wildman–Crippen MR) is 58.3 cm³/mol. The molecule has 1 aromatic rings. The maximum absolute atomic E-state index is 10.9. The van der Waals surface area contributed by atoms with Crippen LogP contribution in [0.25, 0.3) is 0 Å². The second kappa shape index (κ2) is 5.39. The third-order valence-electron chi connectivity index (χ3n) is 2.39. The Labute approximate surface area is 89.4 Å². The van der Waals surface area contributed by atoms with Crippen molar-refractivity contribution in [1.29, 1.82) is 0 Å². The summed E-state index contributed by atoms with van der Waals surface area (Å²) in [5, 5.41) is 18.4. The van der Waals surface area contributed by atoms with E-state index in [9.17, 15) is 9.90 Å². The van der Waals surface area contributed by atoms with Gasteiger partial charge in [0.15, 0.2) is 0 Å². The van der Waals surface area contributed by atoms with Crippen LogP contribution in [-0.2, 0) is 6.42 Å². The lowest BCUT2D eigenvalue weighted by atomic mass is 10.0. The Balaban J connectivity index is 2.86. The monoisotopic (exact) mass is 208 g/mol. The molecule has 3 heteroatoms. The molecule has 0 aliphatic rings. The zero-order valence-corrected chi connectivity index (χ0v) is 8.86. The van der Waals surface area contributed by atoms with Gasteiger partial charge in [0.2, 0.25) is 0 Å². The number of unbranched alkanes of at least 4 members (excludes halogenated alkanes) is 2. The summed E-state index contributed by atoms with van der Waals surface area (Å²) in [6, 6.07) is 4.86. The van der Waals surface area contributed by atoms with Crippen LogP contribution in [0.2, 0.25) is 0 Å². The van der Waals surface area contributed by atoms with Gasteiger partial charge >= 0.3 is 5.97 Å². The summed E-state index contributed by atoms with van der Waals surface area (Å²) in [5.41, 5.74) is 0.768. The van der Waals surface area contributed by atoms with E-state index in [-0.39, 0.29) is 11.3 Å². The van der Waals surface area contributed by atoms with E-state index < -0.39 is 5.97 Å². The maximum Gasteiger partial charge on any atom is 0.339 e. The zero-order chi connectivity index (χ0) is 11.3. The van der Waals surface area contributed by atoms with E-state index in [2.05, 4.69) is 6.92 Å². The molecule has 0 aromatic heterocycles. The number of carboxylic acid groups (broad SMARTS) is 1. The SMILES string of the molecule is CCCCCc1cccc(O)c1C(=O)O. The highest BCUT2D eigenvalue weighted by atomic mass is 16.4. The van der Waals surface area contributed by atoms with Crippen LogP contribution in [-0.4, -0.2) is 16.2 Å². The van der Waals surface area contributed by atoms with Crippen LogP contribution in [0, 0.1) is 0 Å². The molecule has 0 spiro atoms. The minimum absolute atomic E-state index is 0.0496. The number of benzene rings is 1. The second-order valence-corrected chi connectivity index (χ2v) is 3.57. The number of aromatic carboxylic acids is 1. The summed E-state index contributed by atoms with van der Waals surface area (Å²) in [4.78, 5) is 10.9. The lowest BCUT2D eigenvalue weighted by molar-refractivity contribution is 0.0692. The average molecular weight is 208 g/mol. The van der Waals surface area contributed by atoms with Gasteiger partial charge in [-0.3, -0.25) is 0 Å².